The summed E-state index contributed by atoms with van der Waals surface area (Å²) < 4.78 is 11.2. The summed E-state index contributed by atoms with van der Waals surface area (Å²) in [6, 6.07) is 16.0. The molecule has 1 aliphatic heterocycles. The first-order chi connectivity index (χ1) is 12.7. The van der Waals surface area contributed by atoms with E-state index < -0.39 is 6.10 Å². The van der Waals surface area contributed by atoms with Crippen molar-refractivity contribution in [1.29, 1.82) is 0 Å². The number of nitrogens with zero attached hydrogens (tertiary/aromatic N) is 1. The minimum absolute atomic E-state index is 0.232. The molecule has 0 amide bonds. The van der Waals surface area contributed by atoms with Crippen LogP contribution in [0.2, 0.25) is 5.02 Å². The third-order valence-electron chi connectivity index (χ3n) is 4.65. The van der Waals surface area contributed by atoms with E-state index >= 15 is 0 Å². The van der Waals surface area contributed by atoms with Crippen LogP contribution in [0, 0.1) is 0 Å². The number of rotatable bonds is 8. The van der Waals surface area contributed by atoms with Crippen molar-refractivity contribution in [1.82, 2.24) is 4.90 Å². The number of aliphatic hydroxyl groups is 1. The summed E-state index contributed by atoms with van der Waals surface area (Å²) in [6.07, 6.45) is 1.68. The number of hydrogen-bond donors (Lipinski definition) is 1. The van der Waals surface area contributed by atoms with Crippen LogP contribution in [0.5, 0.6) is 11.5 Å². The standard InChI is InChI=1S/C21H26ClNO3/c1-2-25-18-11-9-16(10-12-18)20-7-5-13-23(20)14-17(24)15-26-21-8-4-3-6-19(21)22/h3-4,6,8-12,17,20,24H,2,5,7,13-15H2,1H3. The van der Waals surface area contributed by atoms with Gasteiger partial charge in [-0.3, -0.25) is 4.90 Å². The topological polar surface area (TPSA) is 41.9 Å². The Hall–Kier alpha value is -1.75. The molecule has 1 saturated heterocycles. The number of ether oxygens (including phenoxy) is 2. The summed E-state index contributed by atoms with van der Waals surface area (Å²) in [5.41, 5.74) is 1.27. The fraction of sp³-hybridized carbons (Fsp3) is 0.429. The van der Waals surface area contributed by atoms with Gasteiger partial charge in [0.15, 0.2) is 0 Å². The van der Waals surface area contributed by atoms with E-state index in [1.165, 1.54) is 5.56 Å². The van der Waals surface area contributed by atoms with Crippen LogP contribution in [0.15, 0.2) is 48.5 Å². The predicted molar refractivity (Wildman–Crippen MR) is 104 cm³/mol. The molecule has 26 heavy (non-hydrogen) atoms. The van der Waals surface area contributed by atoms with Gasteiger partial charge in [-0.1, -0.05) is 35.9 Å². The van der Waals surface area contributed by atoms with Gasteiger partial charge in [0.05, 0.1) is 11.6 Å². The summed E-state index contributed by atoms with van der Waals surface area (Å²) in [6.45, 7) is 4.46. The molecular weight excluding hydrogens is 350 g/mol. The molecule has 1 aliphatic rings. The lowest BCUT2D eigenvalue weighted by Gasteiger charge is -2.27. The number of likely N-dealkylation sites (tertiary alicyclic amines) is 1. The zero-order valence-corrected chi connectivity index (χ0v) is 15.9. The molecule has 0 bridgehead atoms. The summed E-state index contributed by atoms with van der Waals surface area (Å²) >= 11 is 6.09. The number of β-amino-alcohol motifs (C(OH)–C–C–N with tert-alkyl or cyclic N) is 1. The molecule has 2 unspecified atom stereocenters. The van der Waals surface area contributed by atoms with Gasteiger partial charge >= 0.3 is 0 Å². The second-order valence-electron chi connectivity index (χ2n) is 6.55. The van der Waals surface area contributed by atoms with Crippen molar-refractivity contribution in [2.45, 2.75) is 31.9 Å². The van der Waals surface area contributed by atoms with Crippen LogP contribution in [0.3, 0.4) is 0 Å². The van der Waals surface area contributed by atoms with E-state index in [1.54, 1.807) is 6.07 Å². The largest absolute Gasteiger partial charge is 0.494 e. The third kappa shape index (κ3) is 4.91. The number of aliphatic hydroxyl groups excluding tert-OH is 1. The van der Waals surface area contributed by atoms with Gasteiger partial charge in [0.25, 0.3) is 0 Å². The number of benzene rings is 2. The molecule has 0 spiro atoms. The number of hydrogen-bond acceptors (Lipinski definition) is 4. The fourth-order valence-electron chi connectivity index (χ4n) is 3.45. The maximum Gasteiger partial charge on any atom is 0.138 e. The lowest BCUT2D eigenvalue weighted by Crippen LogP contribution is -2.35. The fourth-order valence-corrected chi connectivity index (χ4v) is 3.64. The average Bonchev–Trinajstić information content (AvgIpc) is 3.10. The Kier molecular flexibility index (Phi) is 6.78. The Morgan fingerprint density at radius 1 is 1.15 bits per heavy atom. The second-order valence-corrected chi connectivity index (χ2v) is 6.96. The van der Waals surface area contributed by atoms with Crippen LogP contribution in [0.1, 0.15) is 31.4 Å². The first-order valence-corrected chi connectivity index (χ1v) is 9.57. The summed E-state index contributed by atoms with van der Waals surface area (Å²) in [7, 11) is 0. The highest BCUT2D eigenvalue weighted by atomic mass is 35.5. The van der Waals surface area contributed by atoms with Crippen molar-refractivity contribution in [3.8, 4) is 11.5 Å². The molecule has 0 saturated carbocycles. The van der Waals surface area contributed by atoms with Crippen molar-refractivity contribution < 1.29 is 14.6 Å². The maximum absolute atomic E-state index is 10.4. The highest BCUT2D eigenvalue weighted by Crippen LogP contribution is 2.33. The molecule has 2 aromatic rings. The van der Waals surface area contributed by atoms with Crippen LogP contribution in [0.4, 0.5) is 0 Å². The summed E-state index contributed by atoms with van der Waals surface area (Å²) in [5.74, 6) is 1.51. The smallest absolute Gasteiger partial charge is 0.138 e. The number of halogens is 1. The van der Waals surface area contributed by atoms with Crippen LogP contribution in [-0.4, -0.2) is 42.4 Å². The zero-order chi connectivity index (χ0) is 18.4. The lowest BCUT2D eigenvalue weighted by atomic mass is 10.0. The quantitative estimate of drug-likeness (QED) is 0.746. The van der Waals surface area contributed by atoms with E-state index in [1.807, 2.05) is 37.3 Å². The van der Waals surface area contributed by atoms with Crippen molar-refractivity contribution in [2.75, 3.05) is 26.3 Å². The maximum atomic E-state index is 10.4. The van der Waals surface area contributed by atoms with Gasteiger partial charge in [0, 0.05) is 12.6 Å². The lowest BCUT2D eigenvalue weighted by molar-refractivity contribution is 0.0639. The van der Waals surface area contributed by atoms with E-state index in [0.29, 0.717) is 30.0 Å². The Labute approximate surface area is 160 Å². The van der Waals surface area contributed by atoms with Crippen molar-refractivity contribution in [2.24, 2.45) is 0 Å². The first kappa shape index (κ1) is 19.0. The highest BCUT2D eigenvalue weighted by molar-refractivity contribution is 6.32. The van der Waals surface area contributed by atoms with Gasteiger partial charge in [-0.15, -0.1) is 0 Å². The molecule has 3 rings (SSSR count). The van der Waals surface area contributed by atoms with Crippen molar-refractivity contribution in [3.63, 3.8) is 0 Å². The molecular formula is C21H26ClNO3. The van der Waals surface area contributed by atoms with E-state index in [0.717, 1.165) is 25.1 Å². The van der Waals surface area contributed by atoms with Crippen molar-refractivity contribution in [3.05, 3.63) is 59.1 Å². The molecule has 1 fully saturated rings. The monoisotopic (exact) mass is 375 g/mol. The van der Waals surface area contributed by atoms with E-state index in [9.17, 15) is 5.11 Å². The van der Waals surface area contributed by atoms with Gasteiger partial charge in [0.2, 0.25) is 0 Å². The van der Waals surface area contributed by atoms with Gasteiger partial charge in [-0.05, 0) is 56.1 Å². The minimum atomic E-state index is -0.561. The first-order valence-electron chi connectivity index (χ1n) is 9.19. The molecule has 0 radical (unpaired) electrons. The summed E-state index contributed by atoms with van der Waals surface area (Å²) in [5, 5.41) is 11.0. The second kappa shape index (κ2) is 9.26. The SMILES string of the molecule is CCOc1ccc(C2CCCN2CC(O)COc2ccccc2Cl)cc1. The molecule has 5 heteroatoms. The zero-order valence-electron chi connectivity index (χ0n) is 15.1. The molecule has 2 aromatic carbocycles. The van der Waals surface area contributed by atoms with Crippen LogP contribution < -0.4 is 9.47 Å². The van der Waals surface area contributed by atoms with Crippen LogP contribution >= 0.6 is 11.6 Å². The third-order valence-corrected chi connectivity index (χ3v) is 4.96. The van der Waals surface area contributed by atoms with Gasteiger partial charge < -0.3 is 14.6 Å². The Bertz CT molecular complexity index is 692. The molecule has 1 N–H and O–H groups in total. The van der Waals surface area contributed by atoms with E-state index in [-0.39, 0.29) is 6.61 Å². The predicted octanol–water partition coefficient (Wildman–Crippen LogP) is 4.32. The van der Waals surface area contributed by atoms with Crippen molar-refractivity contribution >= 4 is 11.6 Å². The Morgan fingerprint density at radius 2 is 1.92 bits per heavy atom. The van der Waals surface area contributed by atoms with E-state index in [4.69, 9.17) is 21.1 Å². The molecule has 4 nitrogen and oxygen atoms in total. The van der Waals surface area contributed by atoms with Crippen LogP contribution in [-0.2, 0) is 0 Å². The van der Waals surface area contributed by atoms with Gasteiger partial charge in [0.1, 0.15) is 24.2 Å². The molecule has 140 valence electrons. The van der Waals surface area contributed by atoms with Crippen LogP contribution in [0.25, 0.3) is 0 Å². The highest BCUT2D eigenvalue weighted by Gasteiger charge is 2.27. The molecule has 0 aliphatic carbocycles. The number of para-hydroxylation sites is 1. The normalized spacial score (nSPS) is 18.7. The van der Waals surface area contributed by atoms with Gasteiger partial charge in [-0.2, -0.15) is 0 Å². The molecule has 1 heterocycles. The molecule has 0 aromatic heterocycles. The van der Waals surface area contributed by atoms with Gasteiger partial charge in [-0.25, -0.2) is 0 Å². The summed E-state index contributed by atoms with van der Waals surface area (Å²) in [4.78, 5) is 2.33. The Morgan fingerprint density at radius 3 is 2.65 bits per heavy atom. The minimum Gasteiger partial charge on any atom is -0.494 e. The Balaban J connectivity index is 1.55. The molecule has 2 atom stereocenters. The average molecular weight is 376 g/mol. The van der Waals surface area contributed by atoms with E-state index in [2.05, 4.69) is 17.0 Å².